The molecule has 0 bridgehead atoms. The Labute approximate surface area is 126 Å². The van der Waals surface area contributed by atoms with E-state index in [4.69, 9.17) is 0 Å². The van der Waals surface area contributed by atoms with Gasteiger partial charge in [-0.25, -0.2) is 0 Å². The van der Waals surface area contributed by atoms with Crippen LogP contribution in [0.1, 0.15) is 29.5 Å². The molecular weight excluding hydrogens is 256 g/mol. The van der Waals surface area contributed by atoms with E-state index in [1.807, 2.05) is 0 Å². The molecule has 1 heterocycles. The van der Waals surface area contributed by atoms with Crippen LogP contribution in [0.3, 0.4) is 0 Å². The van der Waals surface area contributed by atoms with Crippen molar-refractivity contribution < 1.29 is 0 Å². The highest BCUT2D eigenvalue weighted by Crippen LogP contribution is 2.45. The molecule has 1 aliphatic heterocycles. The van der Waals surface area contributed by atoms with Crippen molar-refractivity contribution in [2.45, 2.75) is 24.4 Å². The Morgan fingerprint density at radius 1 is 0.857 bits per heavy atom. The number of hydrogen-bond donors (Lipinski definition) is 1. The number of rotatable bonds is 3. The van der Waals surface area contributed by atoms with E-state index in [1.54, 1.807) is 0 Å². The molecule has 0 amide bonds. The predicted octanol–water partition coefficient (Wildman–Crippen LogP) is 3.19. The minimum atomic E-state index is 0.483. The van der Waals surface area contributed by atoms with Crippen LogP contribution in [0.4, 0.5) is 0 Å². The largest absolute Gasteiger partial charge is 0.308 e. The van der Waals surface area contributed by atoms with Crippen LogP contribution < -0.4 is 5.32 Å². The van der Waals surface area contributed by atoms with Gasteiger partial charge in [0.25, 0.3) is 0 Å². The molecule has 2 nitrogen and oxygen atoms in total. The molecule has 2 heteroatoms. The first kappa shape index (κ1) is 13.1. The van der Waals surface area contributed by atoms with E-state index < -0.39 is 0 Å². The van der Waals surface area contributed by atoms with Crippen molar-refractivity contribution in [3.63, 3.8) is 0 Å². The van der Waals surface area contributed by atoms with E-state index in [0.717, 1.165) is 25.0 Å². The summed E-state index contributed by atoms with van der Waals surface area (Å²) in [6, 6.07) is 23.1. The fourth-order valence-corrected chi connectivity index (χ4v) is 3.63. The molecule has 3 atom stereocenters. The summed E-state index contributed by atoms with van der Waals surface area (Å²) in [7, 11) is 0. The summed E-state index contributed by atoms with van der Waals surface area (Å²) in [6.45, 7) is 3.41. The van der Waals surface area contributed by atoms with Gasteiger partial charge < -0.3 is 5.32 Å². The maximum absolute atomic E-state index is 3.66. The first-order valence-corrected chi connectivity index (χ1v) is 7.99. The summed E-state index contributed by atoms with van der Waals surface area (Å²) in [6.07, 6.45) is 1.32. The zero-order valence-corrected chi connectivity index (χ0v) is 12.3. The highest BCUT2D eigenvalue weighted by atomic mass is 15.2. The van der Waals surface area contributed by atoms with E-state index in [1.165, 1.54) is 24.1 Å². The van der Waals surface area contributed by atoms with Crippen LogP contribution in [0.15, 0.2) is 60.7 Å². The van der Waals surface area contributed by atoms with Gasteiger partial charge in [0.1, 0.15) is 0 Å². The molecule has 0 radical (unpaired) electrons. The fourth-order valence-electron chi connectivity index (χ4n) is 3.63. The molecule has 1 saturated carbocycles. The second kappa shape index (κ2) is 5.63. The second-order valence-corrected chi connectivity index (χ2v) is 6.23. The molecule has 108 valence electrons. The van der Waals surface area contributed by atoms with Crippen molar-refractivity contribution in [1.82, 2.24) is 10.2 Å². The lowest BCUT2D eigenvalue weighted by atomic mass is 10.0. The van der Waals surface area contributed by atoms with E-state index in [2.05, 4.69) is 70.9 Å². The van der Waals surface area contributed by atoms with Crippen molar-refractivity contribution in [3.8, 4) is 0 Å². The van der Waals surface area contributed by atoms with Crippen LogP contribution in [0.2, 0.25) is 0 Å². The van der Waals surface area contributed by atoms with Crippen LogP contribution in [-0.4, -0.2) is 30.6 Å². The van der Waals surface area contributed by atoms with E-state index >= 15 is 0 Å². The minimum absolute atomic E-state index is 0.483. The summed E-state index contributed by atoms with van der Waals surface area (Å²) in [5, 5.41) is 3.66. The highest BCUT2D eigenvalue weighted by molar-refractivity contribution is 5.28. The van der Waals surface area contributed by atoms with E-state index in [0.29, 0.717) is 6.04 Å². The molecule has 3 unspecified atom stereocenters. The van der Waals surface area contributed by atoms with Crippen molar-refractivity contribution in [1.29, 1.82) is 0 Å². The van der Waals surface area contributed by atoms with Gasteiger partial charge in [0.2, 0.25) is 0 Å². The topological polar surface area (TPSA) is 15.3 Å². The Balaban J connectivity index is 1.43. The van der Waals surface area contributed by atoms with Gasteiger partial charge in [-0.05, 0) is 17.5 Å². The van der Waals surface area contributed by atoms with Crippen molar-refractivity contribution in [2.75, 3.05) is 19.6 Å². The molecule has 1 aliphatic carbocycles. The van der Waals surface area contributed by atoms with Gasteiger partial charge in [-0.3, -0.25) is 4.90 Å². The normalized spacial score (nSPS) is 29.2. The number of hydrogen-bond acceptors (Lipinski definition) is 2. The standard InChI is InChI=1S/C19H22N2/c1-3-7-15(8-4-1)17-13-19(17)21-12-11-20-18(14-21)16-9-5-2-6-10-16/h1-10,17-20H,11-14H2. The number of nitrogens with zero attached hydrogens (tertiary/aromatic N) is 1. The Morgan fingerprint density at radius 2 is 1.52 bits per heavy atom. The maximum Gasteiger partial charge on any atom is 0.0449 e. The lowest BCUT2D eigenvalue weighted by Gasteiger charge is -2.34. The van der Waals surface area contributed by atoms with Crippen LogP contribution >= 0.6 is 0 Å². The molecule has 2 aliphatic rings. The fraction of sp³-hybridized carbons (Fsp3) is 0.368. The second-order valence-electron chi connectivity index (χ2n) is 6.23. The molecule has 2 fully saturated rings. The highest BCUT2D eigenvalue weighted by Gasteiger charge is 2.43. The van der Waals surface area contributed by atoms with Crippen LogP contribution in [0.5, 0.6) is 0 Å². The molecule has 2 aromatic rings. The SMILES string of the molecule is c1ccc(C2CN(C3CC3c3ccccc3)CCN2)cc1. The number of nitrogens with one attached hydrogen (secondary N) is 1. The molecule has 0 aromatic heterocycles. The average molecular weight is 278 g/mol. The Hall–Kier alpha value is -1.64. The van der Waals surface area contributed by atoms with Crippen molar-refractivity contribution in [2.24, 2.45) is 0 Å². The monoisotopic (exact) mass is 278 g/mol. The average Bonchev–Trinajstić information content (AvgIpc) is 3.37. The van der Waals surface area contributed by atoms with Gasteiger partial charge in [0, 0.05) is 37.6 Å². The summed E-state index contributed by atoms with van der Waals surface area (Å²) in [4.78, 5) is 2.69. The van der Waals surface area contributed by atoms with Crippen LogP contribution in [0, 0.1) is 0 Å². The first-order valence-electron chi connectivity index (χ1n) is 7.99. The molecular formula is C19H22N2. The summed E-state index contributed by atoms with van der Waals surface area (Å²) in [5.74, 6) is 0.751. The Kier molecular flexibility index (Phi) is 3.50. The smallest absolute Gasteiger partial charge is 0.0449 e. The summed E-state index contributed by atoms with van der Waals surface area (Å²) >= 11 is 0. The van der Waals surface area contributed by atoms with Gasteiger partial charge in [-0.15, -0.1) is 0 Å². The Bertz CT molecular complexity index is 581. The third-order valence-corrected chi connectivity index (χ3v) is 4.86. The lowest BCUT2D eigenvalue weighted by Crippen LogP contribution is -2.46. The van der Waals surface area contributed by atoms with E-state index in [9.17, 15) is 0 Å². The third kappa shape index (κ3) is 2.74. The number of piperazine rings is 1. The van der Waals surface area contributed by atoms with E-state index in [-0.39, 0.29) is 0 Å². The van der Waals surface area contributed by atoms with Crippen LogP contribution in [-0.2, 0) is 0 Å². The lowest BCUT2D eigenvalue weighted by molar-refractivity contribution is 0.189. The zero-order chi connectivity index (χ0) is 14.1. The van der Waals surface area contributed by atoms with Gasteiger partial charge >= 0.3 is 0 Å². The maximum atomic E-state index is 3.66. The molecule has 21 heavy (non-hydrogen) atoms. The van der Waals surface area contributed by atoms with Crippen LogP contribution in [0.25, 0.3) is 0 Å². The van der Waals surface area contributed by atoms with Gasteiger partial charge in [0.05, 0.1) is 0 Å². The Morgan fingerprint density at radius 3 is 2.24 bits per heavy atom. The molecule has 4 rings (SSSR count). The number of benzene rings is 2. The van der Waals surface area contributed by atoms with Crippen molar-refractivity contribution >= 4 is 0 Å². The predicted molar refractivity (Wildman–Crippen MR) is 86.3 cm³/mol. The van der Waals surface area contributed by atoms with Gasteiger partial charge in [-0.2, -0.15) is 0 Å². The van der Waals surface area contributed by atoms with Gasteiger partial charge in [-0.1, -0.05) is 60.7 Å². The first-order chi connectivity index (χ1) is 10.4. The molecule has 0 spiro atoms. The van der Waals surface area contributed by atoms with Gasteiger partial charge in [0.15, 0.2) is 0 Å². The minimum Gasteiger partial charge on any atom is -0.308 e. The molecule has 1 N–H and O–H groups in total. The zero-order valence-electron chi connectivity index (χ0n) is 12.3. The third-order valence-electron chi connectivity index (χ3n) is 4.86. The van der Waals surface area contributed by atoms with Crippen molar-refractivity contribution in [3.05, 3.63) is 71.8 Å². The molecule has 1 saturated heterocycles. The summed E-state index contributed by atoms with van der Waals surface area (Å²) < 4.78 is 0. The quantitative estimate of drug-likeness (QED) is 0.927. The summed E-state index contributed by atoms with van der Waals surface area (Å²) in [5.41, 5.74) is 2.93. The molecule has 2 aromatic carbocycles.